The molecular weight excluding hydrogens is 1070 g/mol. The molecule has 0 spiro atoms. The number of nitrogens with zero attached hydrogens (tertiary/aromatic N) is 4. The first-order valence-corrected chi connectivity index (χ1v) is 27.3. The van der Waals surface area contributed by atoms with E-state index in [9.17, 15) is 48.3 Å². The average Bonchev–Trinajstić information content (AvgIpc) is 4.06. The Morgan fingerprint density at radius 1 is 0.614 bits per heavy atom. The van der Waals surface area contributed by atoms with Crippen molar-refractivity contribution in [1.82, 2.24) is 41.7 Å². The Morgan fingerprint density at radius 2 is 1.12 bits per heavy atom. The number of nitrogens with two attached hydrogens (primary N) is 6. The van der Waals surface area contributed by atoms with Crippen LogP contribution in [-0.4, -0.2) is 154 Å². The van der Waals surface area contributed by atoms with E-state index in [-0.39, 0.29) is 101 Å². The highest BCUT2D eigenvalue weighted by Crippen LogP contribution is 2.21. The second-order valence-electron chi connectivity index (χ2n) is 20.6. The number of aromatic hydroxyl groups is 1. The van der Waals surface area contributed by atoms with Crippen LogP contribution >= 0.6 is 0 Å². The fraction of sp³-hybridized carbons (Fsp3) is 0.464. The molecule has 0 aromatic heterocycles. The summed E-state index contributed by atoms with van der Waals surface area (Å²) >= 11 is 0. The van der Waals surface area contributed by atoms with Gasteiger partial charge in [-0.05, 0) is 79.7 Å². The number of rotatable bonds is 33. The molecule has 1 aliphatic rings. The minimum absolute atomic E-state index is 0.00350. The number of benzene rings is 3. The molecule has 10 amide bonds. The predicted octanol–water partition coefficient (Wildman–Crippen LogP) is -2.36. The number of guanidine groups is 2. The van der Waals surface area contributed by atoms with Gasteiger partial charge in [0, 0.05) is 45.9 Å². The summed E-state index contributed by atoms with van der Waals surface area (Å²) in [5.74, 6) is -8.30. The molecule has 0 aliphatic carbocycles. The second-order valence-corrected chi connectivity index (χ2v) is 20.6. The van der Waals surface area contributed by atoms with Crippen molar-refractivity contribution < 1.29 is 53.1 Å². The molecule has 1 aliphatic heterocycles. The van der Waals surface area contributed by atoms with Crippen molar-refractivity contribution >= 4 is 71.0 Å². The minimum Gasteiger partial charge on any atom is -0.508 e. The van der Waals surface area contributed by atoms with Gasteiger partial charge in [-0.25, -0.2) is 0 Å². The molecule has 0 radical (unpaired) electrons. The number of hydrogen-bond donors (Lipinski definition) is 13. The lowest BCUT2D eigenvalue weighted by atomic mass is 9.99. The molecule has 3 aromatic rings. The van der Waals surface area contributed by atoms with Crippen molar-refractivity contribution in [2.45, 2.75) is 134 Å². The number of hydrogen-bond acceptors (Lipinski definition) is 13. The topological polar surface area (TPSA) is 450 Å². The number of carbonyl (C=O) groups is 10. The fourth-order valence-corrected chi connectivity index (χ4v) is 9.27. The Kier molecular flexibility index (Phi) is 26.7. The molecule has 0 bridgehead atoms. The lowest BCUT2D eigenvalue weighted by Gasteiger charge is -2.32. The number of aliphatic imine (C=N–C) groups is 2. The zero-order valence-electron chi connectivity index (χ0n) is 47.1. The summed E-state index contributed by atoms with van der Waals surface area (Å²) in [5.41, 5.74) is 34.7. The largest absolute Gasteiger partial charge is 0.508 e. The van der Waals surface area contributed by atoms with Gasteiger partial charge in [0.25, 0.3) is 0 Å². The number of primary amides is 2. The summed E-state index contributed by atoms with van der Waals surface area (Å²) in [6, 6.07) is 14.7. The predicted molar refractivity (Wildman–Crippen MR) is 308 cm³/mol. The van der Waals surface area contributed by atoms with Gasteiger partial charge in [0.1, 0.15) is 48.0 Å². The number of phenols is 1. The monoisotopic (exact) mass is 1150 g/mol. The Hall–Kier alpha value is -9.30. The third kappa shape index (κ3) is 23.4. The Morgan fingerprint density at radius 3 is 1.65 bits per heavy atom. The molecule has 0 saturated carbocycles. The Balaban J connectivity index is 1.64. The van der Waals surface area contributed by atoms with E-state index < -0.39 is 114 Å². The molecule has 7 atom stereocenters. The molecule has 19 N–H and O–H groups in total. The minimum atomic E-state index is -1.50. The lowest BCUT2D eigenvalue weighted by Crippen LogP contribution is -2.59. The van der Waals surface area contributed by atoms with Crippen LogP contribution in [0, 0.1) is 5.92 Å². The van der Waals surface area contributed by atoms with Crippen LogP contribution in [0.5, 0.6) is 5.75 Å². The van der Waals surface area contributed by atoms with E-state index in [0.717, 1.165) is 0 Å². The summed E-state index contributed by atoms with van der Waals surface area (Å²) in [6.07, 6.45) is 0.184. The highest BCUT2D eigenvalue weighted by Gasteiger charge is 2.40. The summed E-state index contributed by atoms with van der Waals surface area (Å²) in [5, 5.41) is 25.9. The summed E-state index contributed by atoms with van der Waals surface area (Å²) in [4.78, 5) is 147. The van der Waals surface area contributed by atoms with E-state index in [1.54, 1.807) is 72.8 Å². The molecule has 450 valence electrons. The summed E-state index contributed by atoms with van der Waals surface area (Å²) in [7, 11) is 0. The molecule has 27 nitrogen and oxygen atoms in total. The maximum atomic E-state index is 15.1. The van der Waals surface area contributed by atoms with Crippen LogP contribution in [0.15, 0.2) is 94.9 Å². The number of likely N-dealkylation sites (tertiary alicyclic amines) is 1. The smallest absolute Gasteiger partial charge is 0.245 e. The number of amides is 10. The van der Waals surface area contributed by atoms with Crippen LogP contribution in [0.1, 0.15) is 88.8 Å². The van der Waals surface area contributed by atoms with Crippen molar-refractivity contribution in [3.63, 3.8) is 0 Å². The Labute approximate surface area is 481 Å². The number of carbonyl (C=O) groups excluding carboxylic acids is 10. The quantitative estimate of drug-likeness (QED) is 0.0172. The summed E-state index contributed by atoms with van der Waals surface area (Å²) in [6.45, 7) is 4.35. The third-order valence-corrected chi connectivity index (χ3v) is 13.2. The lowest BCUT2D eigenvalue weighted by molar-refractivity contribution is -0.144. The molecular formula is C56H80N16O11. The van der Waals surface area contributed by atoms with Crippen LogP contribution < -0.4 is 66.3 Å². The third-order valence-electron chi connectivity index (χ3n) is 13.2. The van der Waals surface area contributed by atoms with Gasteiger partial charge >= 0.3 is 0 Å². The molecule has 1 fully saturated rings. The number of phenolic OH excluding ortho intramolecular Hbond substituents is 1. The maximum Gasteiger partial charge on any atom is 0.245 e. The van der Waals surface area contributed by atoms with Crippen molar-refractivity contribution in [2.75, 3.05) is 26.2 Å². The number of nitrogens with one attached hydrogen (secondary N) is 6. The van der Waals surface area contributed by atoms with E-state index in [2.05, 4.69) is 41.9 Å². The van der Waals surface area contributed by atoms with Gasteiger partial charge in [-0.2, -0.15) is 0 Å². The first-order valence-electron chi connectivity index (χ1n) is 27.3. The molecule has 3 aromatic carbocycles. The van der Waals surface area contributed by atoms with Gasteiger partial charge in [0.2, 0.25) is 59.1 Å². The van der Waals surface area contributed by atoms with Crippen LogP contribution in [0.2, 0.25) is 0 Å². The van der Waals surface area contributed by atoms with Gasteiger partial charge in [-0.3, -0.25) is 57.9 Å². The first-order chi connectivity index (χ1) is 39.4. The van der Waals surface area contributed by atoms with Gasteiger partial charge in [0.15, 0.2) is 11.9 Å². The van der Waals surface area contributed by atoms with Crippen LogP contribution in [-0.2, 0) is 67.3 Å². The molecule has 83 heavy (non-hydrogen) atoms. The van der Waals surface area contributed by atoms with Crippen LogP contribution in [0.3, 0.4) is 0 Å². The fourth-order valence-electron chi connectivity index (χ4n) is 9.27. The van der Waals surface area contributed by atoms with Crippen molar-refractivity contribution in [1.29, 1.82) is 0 Å². The molecule has 1 heterocycles. The van der Waals surface area contributed by atoms with Gasteiger partial charge in [-0.1, -0.05) is 86.6 Å². The van der Waals surface area contributed by atoms with Crippen molar-refractivity contribution in [2.24, 2.45) is 50.3 Å². The van der Waals surface area contributed by atoms with E-state index in [4.69, 9.17) is 34.4 Å². The maximum absolute atomic E-state index is 15.1. The zero-order valence-corrected chi connectivity index (χ0v) is 47.1. The summed E-state index contributed by atoms with van der Waals surface area (Å²) < 4.78 is 0. The second kappa shape index (κ2) is 33.5. The van der Waals surface area contributed by atoms with E-state index in [1.807, 2.05) is 13.8 Å². The van der Waals surface area contributed by atoms with Gasteiger partial charge < -0.3 is 81.2 Å². The highest BCUT2D eigenvalue weighted by molar-refractivity contribution is 5.98. The van der Waals surface area contributed by atoms with E-state index in [0.29, 0.717) is 23.1 Å². The van der Waals surface area contributed by atoms with Gasteiger partial charge in [0.05, 0.1) is 13.0 Å². The van der Waals surface area contributed by atoms with E-state index >= 15 is 4.79 Å². The van der Waals surface area contributed by atoms with Crippen molar-refractivity contribution in [3.05, 3.63) is 102 Å². The normalized spacial score (nSPS) is 14.9. The molecule has 4 rings (SSSR count). The first kappa shape index (κ1) is 66.2. The van der Waals surface area contributed by atoms with Crippen molar-refractivity contribution in [3.8, 4) is 5.75 Å². The van der Waals surface area contributed by atoms with Crippen LogP contribution in [0.4, 0.5) is 0 Å². The molecule has 27 heteroatoms. The SMILES string of the molecule is CC(=O)N[C@@H](Cc1ccc(O)cc1)C(=O)N[C@@H](Cc1ccccc1)C(=O)N[C@@H](CC(C)C)C(=O)N(CC(=O)N[C@@H](CCCN=C(N)N)C(=O)N1CCC[C@H]1C(=O)N[C@@H](CCCN=C(N)N)C(=O)N[C@@H](CC(N)=O)C(N)=O)Cc1ccccc1. The highest BCUT2D eigenvalue weighted by atomic mass is 16.3. The Bertz CT molecular complexity index is 2760. The average molecular weight is 1150 g/mol. The van der Waals surface area contributed by atoms with Crippen LogP contribution in [0.25, 0.3) is 0 Å². The molecule has 1 saturated heterocycles. The van der Waals surface area contributed by atoms with Gasteiger partial charge in [-0.15, -0.1) is 0 Å². The molecule has 0 unspecified atom stereocenters. The standard InChI is InChI=1S/C56H80N16O11/c1-33(2)27-44(70-51(80)43(28-35-13-6-4-7-14-35)69-50(79)42(65-34(3)73)29-36-20-22-38(74)23-21-36)53(82)71(31-37-15-8-5-9-16-37)32-47(76)66-40(18-11-25-64-56(61)62)54(83)72-26-12-19-45(72)52(81)67-39(17-10-24-63-55(59)60)49(78)68-41(48(58)77)30-46(57)75/h4-9,13-16,20-23,33,39-45,74H,10-12,17-19,24-32H2,1-3H3,(H2,57,75)(H2,58,77)(H,65,73)(H,66,76)(H,67,81)(H,68,78)(H,69,79)(H,70,80)(H4,59,60,63)(H4,61,62,64)/t39-,40-,41-,42-,43-,44-,45-/m0/s1. The van der Waals surface area contributed by atoms with E-state index in [1.165, 1.54) is 28.9 Å². The zero-order chi connectivity index (χ0) is 61.2.